The molecule has 4 rings (SSSR count). The van der Waals surface area contributed by atoms with E-state index in [2.05, 4.69) is 22.4 Å². The Balaban J connectivity index is 1.56. The first-order valence-corrected chi connectivity index (χ1v) is 10.8. The van der Waals surface area contributed by atoms with Gasteiger partial charge in [0.25, 0.3) is 0 Å². The topological polar surface area (TPSA) is 95.3 Å². The molecule has 0 fully saturated rings. The second-order valence-corrected chi connectivity index (χ2v) is 7.78. The molecule has 3 aromatic carbocycles. The van der Waals surface area contributed by atoms with Gasteiger partial charge >= 0.3 is 0 Å². The fourth-order valence-corrected chi connectivity index (χ4v) is 3.51. The van der Waals surface area contributed by atoms with Crippen molar-refractivity contribution >= 4 is 11.7 Å². The third kappa shape index (κ3) is 6.02. The van der Waals surface area contributed by atoms with Crippen LogP contribution in [0.3, 0.4) is 0 Å². The zero-order chi connectivity index (χ0) is 23.0. The number of hydrogen-bond acceptors (Lipinski definition) is 5. The second kappa shape index (κ2) is 10.5. The fraction of sp³-hybridized carbons (Fsp3) is 0.148. The average molecular weight is 440 g/mol. The van der Waals surface area contributed by atoms with Crippen LogP contribution in [0, 0.1) is 0 Å². The van der Waals surface area contributed by atoms with Gasteiger partial charge in [0.2, 0.25) is 5.91 Å². The molecule has 0 unspecified atom stereocenters. The number of nitrogens with one attached hydrogen (secondary N) is 1. The highest BCUT2D eigenvalue weighted by Crippen LogP contribution is 2.22. The van der Waals surface area contributed by atoms with Crippen molar-refractivity contribution in [1.29, 1.82) is 0 Å². The van der Waals surface area contributed by atoms with Crippen molar-refractivity contribution in [3.63, 3.8) is 0 Å². The van der Waals surface area contributed by atoms with E-state index in [9.17, 15) is 15.0 Å². The van der Waals surface area contributed by atoms with E-state index in [1.165, 1.54) is 5.56 Å². The SMILES string of the molecule is O=C(Cc1ccc(O)cc1)Nc1ncc(-c2ccc(CO)cc2)nc1CCc1ccccc1. The molecule has 1 heterocycles. The van der Waals surface area contributed by atoms with Gasteiger partial charge < -0.3 is 15.5 Å². The van der Waals surface area contributed by atoms with E-state index in [1.54, 1.807) is 30.5 Å². The Kier molecular flexibility index (Phi) is 7.07. The van der Waals surface area contributed by atoms with Gasteiger partial charge in [0, 0.05) is 5.56 Å². The van der Waals surface area contributed by atoms with Crippen LogP contribution in [0.1, 0.15) is 22.4 Å². The smallest absolute Gasteiger partial charge is 0.229 e. The Morgan fingerprint density at radius 3 is 2.21 bits per heavy atom. The summed E-state index contributed by atoms with van der Waals surface area (Å²) in [6, 6.07) is 24.2. The molecule has 0 aliphatic heterocycles. The maximum atomic E-state index is 12.7. The van der Waals surface area contributed by atoms with Crippen LogP contribution in [0.25, 0.3) is 11.3 Å². The van der Waals surface area contributed by atoms with Crippen LogP contribution < -0.4 is 5.32 Å². The Bertz CT molecular complexity index is 1210. The van der Waals surface area contributed by atoms with Gasteiger partial charge in [-0.15, -0.1) is 0 Å². The van der Waals surface area contributed by atoms with Gasteiger partial charge in [0.1, 0.15) is 5.75 Å². The minimum Gasteiger partial charge on any atom is -0.508 e. The van der Waals surface area contributed by atoms with Crippen molar-refractivity contribution in [1.82, 2.24) is 9.97 Å². The van der Waals surface area contributed by atoms with Gasteiger partial charge in [0.15, 0.2) is 5.82 Å². The number of aliphatic hydroxyl groups excluding tert-OH is 1. The maximum Gasteiger partial charge on any atom is 0.229 e. The maximum absolute atomic E-state index is 12.7. The summed E-state index contributed by atoms with van der Waals surface area (Å²) in [7, 11) is 0. The van der Waals surface area contributed by atoms with Crippen LogP contribution in [0.15, 0.2) is 85.1 Å². The Labute approximate surface area is 192 Å². The lowest BCUT2D eigenvalue weighted by molar-refractivity contribution is -0.115. The molecule has 0 atom stereocenters. The zero-order valence-corrected chi connectivity index (χ0v) is 18.1. The number of nitrogens with zero attached hydrogens (tertiary/aromatic N) is 2. The molecular formula is C27H25N3O3. The monoisotopic (exact) mass is 439 g/mol. The van der Waals surface area contributed by atoms with Crippen LogP contribution in [-0.4, -0.2) is 26.1 Å². The van der Waals surface area contributed by atoms with Crippen molar-refractivity contribution in [2.24, 2.45) is 0 Å². The largest absolute Gasteiger partial charge is 0.508 e. The molecule has 0 aliphatic carbocycles. The second-order valence-electron chi connectivity index (χ2n) is 7.78. The summed E-state index contributed by atoms with van der Waals surface area (Å²) in [5.74, 6) is 0.414. The number of benzene rings is 3. The lowest BCUT2D eigenvalue weighted by Crippen LogP contribution is -2.17. The van der Waals surface area contributed by atoms with Gasteiger partial charge in [-0.05, 0) is 41.7 Å². The summed E-state index contributed by atoms with van der Waals surface area (Å²) in [5, 5.41) is 21.6. The molecule has 166 valence electrons. The summed E-state index contributed by atoms with van der Waals surface area (Å²) in [6.45, 7) is -0.0136. The number of phenols is 1. The number of hydrogen-bond donors (Lipinski definition) is 3. The Morgan fingerprint density at radius 2 is 1.52 bits per heavy atom. The molecule has 1 aromatic heterocycles. The van der Waals surface area contributed by atoms with Crippen molar-refractivity contribution < 1.29 is 15.0 Å². The van der Waals surface area contributed by atoms with Gasteiger partial charge in [0.05, 0.1) is 30.6 Å². The molecule has 33 heavy (non-hydrogen) atoms. The molecule has 6 nitrogen and oxygen atoms in total. The van der Waals surface area contributed by atoms with E-state index in [1.807, 2.05) is 42.5 Å². The minimum atomic E-state index is -0.198. The quantitative estimate of drug-likeness (QED) is 0.380. The van der Waals surface area contributed by atoms with E-state index in [-0.39, 0.29) is 24.7 Å². The first kappa shape index (κ1) is 22.2. The first-order chi connectivity index (χ1) is 16.1. The van der Waals surface area contributed by atoms with Crippen molar-refractivity contribution in [2.45, 2.75) is 25.9 Å². The molecule has 1 amide bonds. The van der Waals surface area contributed by atoms with Crippen LogP contribution in [0.4, 0.5) is 5.82 Å². The highest BCUT2D eigenvalue weighted by Gasteiger charge is 2.13. The molecule has 0 radical (unpaired) electrons. The Morgan fingerprint density at radius 1 is 0.818 bits per heavy atom. The van der Waals surface area contributed by atoms with E-state index in [0.717, 1.165) is 23.1 Å². The Hall–Kier alpha value is -4.03. The number of carbonyl (C=O) groups excluding carboxylic acids is 1. The predicted molar refractivity (Wildman–Crippen MR) is 128 cm³/mol. The molecule has 0 spiro atoms. The van der Waals surface area contributed by atoms with Crippen molar-refractivity contribution in [3.8, 4) is 17.0 Å². The summed E-state index contributed by atoms with van der Waals surface area (Å²) in [5.41, 5.74) is 5.11. The number of phenolic OH excluding ortho intramolecular Hbond substituents is 1. The van der Waals surface area contributed by atoms with E-state index < -0.39 is 0 Å². The molecule has 6 heteroatoms. The van der Waals surface area contributed by atoms with Gasteiger partial charge in [-0.3, -0.25) is 4.79 Å². The average Bonchev–Trinajstić information content (AvgIpc) is 2.85. The van der Waals surface area contributed by atoms with Crippen molar-refractivity contribution in [2.75, 3.05) is 5.32 Å². The zero-order valence-electron chi connectivity index (χ0n) is 18.1. The van der Waals surface area contributed by atoms with E-state index in [0.29, 0.717) is 23.6 Å². The summed E-state index contributed by atoms with van der Waals surface area (Å²) >= 11 is 0. The predicted octanol–water partition coefficient (Wildman–Crippen LogP) is 4.31. The van der Waals surface area contributed by atoms with Gasteiger partial charge in [-0.1, -0.05) is 66.7 Å². The number of amides is 1. The van der Waals surface area contributed by atoms with Crippen LogP contribution in [0.5, 0.6) is 5.75 Å². The van der Waals surface area contributed by atoms with E-state index >= 15 is 0 Å². The van der Waals surface area contributed by atoms with Crippen LogP contribution >= 0.6 is 0 Å². The normalized spacial score (nSPS) is 10.7. The van der Waals surface area contributed by atoms with Gasteiger partial charge in [-0.25, -0.2) is 9.97 Å². The third-order valence-electron chi connectivity index (χ3n) is 5.33. The lowest BCUT2D eigenvalue weighted by atomic mass is 10.1. The van der Waals surface area contributed by atoms with Crippen molar-refractivity contribution in [3.05, 3.63) is 107 Å². The first-order valence-electron chi connectivity index (χ1n) is 10.8. The molecule has 0 saturated heterocycles. The number of aromatic nitrogens is 2. The summed E-state index contributed by atoms with van der Waals surface area (Å²) < 4.78 is 0. The number of anilines is 1. The highest BCUT2D eigenvalue weighted by molar-refractivity contribution is 5.92. The molecule has 4 aromatic rings. The number of aryl methyl sites for hydroxylation is 2. The standard InChI is InChI=1S/C27H25N3O3/c31-18-21-6-11-22(12-7-21)25-17-28-27(24(29-25)15-10-19-4-2-1-3-5-19)30-26(33)16-20-8-13-23(32)14-9-20/h1-9,11-14,17,31-32H,10,15-16,18H2,(H,28,30,33). The fourth-order valence-electron chi connectivity index (χ4n) is 3.51. The molecule has 0 bridgehead atoms. The number of rotatable bonds is 8. The summed E-state index contributed by atoms with van der Waals surface area (Å²) in [6.07, 6.45) is 3.21. The number of aromatic hydroxyl groups is 1. The minimum absolute atomic E-state index is 0.0136. The van der Waals surface area contributed by atoms with E-state index in [4.69, 9.17) is 4.98 Å². The third-order valence-corrected chi connectivity index (χ3v) is 5.33. The molecule has 0 saturated carbocycles. The molecular weight excluding hydrogens is 414 g/mol. The molecule has 3 N–H and O–H groups in total. The van der Waals surface area contributed by atoms with Gasteiger partial charge in [-0.2, -0.15) is 0 Å². The van der Waals surface area contributed by atoms with Crippen LogP contribution in [0.2, 0.25) is 0 Å². The lowest BCUT2D eigenvalue weighted by Gasteiger charge is -2.12. The number of aliphatic hydroxyl groups is 1. The molecule has 0 aliphatic rings. The highest BCUT2D eigenvalue weighted by atomic mass is 16.3. The van der Waals surface area contributed by atoms with Crippen LogP contribution in [-0.2, 0) is 30.7 Å². The number of carbonyl (C=O) groups is 1. The summed E-state index contributed by atoms with van der Waals surface area (Å²) in [4.78, 5) is 22.0.